The Kier molecular flexibility index (Phi) is 7.70. The monoisotopic (exact) mass is 328 g/mol. The molecule has 0 saturated heterocycles. The maximum absolute atomic E-state index is 11.8. The molecule has 1 aromatic rings. The van der Waals surface area contributed by atoms with Gasteiger partial charge < -0.3 is 15.7 Å². The molecule has 0 aromatic heterocycles. The lowest BCUT2D eigenvalue weighted by molar-refractivity contribution is -0.139. The van der Waals surface area contributed by atoms with Crippen LogP contribution in [0.3, 0.4) is 0 Å². The summed E-state index contributed by atoms with van der Waals surface area (Å²) >= 11 is 2.68. The number of hydrogen-bond donors (Lipinski definition) is 3. The first kappa shape index (κ1) is 17.4. The summed E-state index contributed by atoms with van der Waals surface area (Å²) < 4.78 is 0. The number of benzene rings is 1. The maximum Gasteiger partial charge on any atom is 0.327 e. The van der Waals surface area contributed by atoms with Gasteiger partial charge in [-0.15, -0.1) is 23.5 Å². The number of para-hydroxylation sites is 1. The van der Waals surface area contributed by atoms with Gasteiger partial charge in [0, 0.05) is 10.6 Å². The summed E-state index contributed by atoms with van der Waals surface area (Å²) in [5, 5.41) is 13.8. The molecule has 0 saturated carbocycles. The second-order valence-electron chi connectivity index (χ2n) is 3.94. The minimum Gasteiger partial charge on any atom is -0.480 e. The van der Waals surface area contributed by atoms with E-state index in [1.807, 2.05) is 30.5 Å². The largest absolute Gasteiger partial charge is 0.480 e. The Morgan fingerprint density at radius 1 is 1.38 bits per heavy atom. The predicted octanol–water partition coefficient (Wildman–Crippen LogP) is 1.28. The number of carbonyl (C=O) groups is 3. The van der Waals surface area contributed by atoms with Crippen molar-refractivity contribution in [3.63, 3.8) is 0 Å². The molecule has 1 aromatic carbocycles. The van der Waals surface area contributed by atoms with Gasteiger partial charge in [0.25, 0.3) is 0 Å². The Morgan fingerprint density at radius 2 is 2.10 bits per heavy atom. The highest BCUT2D eigenvalue weighted by Gasteiger charge is 2.16. The molecule has 0 aliphatic carbocycles. The van der Waals surface area contributed by atoms with Crippen LogP contribution in [-0.4, -0.2) is 47.2 Å². The van der Waals surface area contributed by atoms with Crippen LogP contribution in [0.25, 0.3) is 0 Å². The first-order chi connectivity index (χ1) is 10.1. The fourth-order valence-corrected chi connectivity index (χ4v) is 2.88. The van der Waals surface area contributed by atoms with E-state index in [4.69, 9.17) is 5.11 Å². The number of rotatable bonds is 9. The van der Waals surface area contributed by atoms with Crippen LogP contribution < -0.4 is 10.6 Å². The van der Waals surface area contributed by atoms with Gasteiger partial charge in [-0.25, -0.2) is 4.79 Å². The van der Waals surface area contributed by atoms with E-state index < -0.39 is 12.0 Å². The fourth-order valence-electron chi connectivity index (χ4n) is 1.48. The van der Waals surface area contributed by atoms with E-state index in [-0.39, 0.29) is 17.4 Å². The van der Waals surface area contributed by atoms with E-state index in [9.17, 15) is 14.4 Å². The normalized spacial score (nSPS) is 11.5. The van der Waals surface area contributed by atoms with E-state index in [1.165, 1.54) is 11.8 Å². The van der Waals surface area contributed by atoms with Gasteiger partial charge in [-0.2, -0.15) is 0 Å². The Labute approximate surface area is 131 Å². The lowest BCUT2D eigenvalue weighted by atomic mass is 10.3. The van der Waals surface area contributed by atoms with Gasteiger partial charge in [-0.3, -0.25) is 9.59 Å². The van der Waals surface area contributed by atoms with Crippen molar-refractivity contribution >= 4 is 47.5 Å². The molecule has 0 fully saturated rings. The van der Waals surface area contributed by atoms with Crippen molar-refractivity contribution in [1.82, 2.24) is 5.32 Å². The van der Waals surface area contributed by atoms with Crippen LogP contribution in [-0.2, 0) is 14.4 Å². The molecule has 0 aliphatic rings. The SMILES string of the molecule is CSc1ccccc1NC(=O)CSCC(NC=O)C(=O)O. The molecule has 0 bridgehead atoms. The highest BCUT2D eigenvalue weighted by Crippen LogP contribution is 2.24. The van der Waals surface area contributed by atoms with Crippen LogP contribution >= 0.6 is 23.5 Å². The summed E-state index contributed by atoms with van der Waals surface area (Å²) in [5.74, 6) is -1.09. The average Bonchev–Trinajstić information content (AvgIpc) is 2.46. The van der Waals surface area contributed by atoms with Crippen molar-refractivity contribution in [2.45, 2.75) is 10.9 Å². The van der Waals surface area contributed by atoms with Gasteiger partial charge in [0.1, 0.15) is 6.04 Å². The molecule has 0 heterocycles. The number of hydrogen-bond acceptors (Lipinski definition) is 5. The van der Waals surface area contributed by atoms with Crippen molar-refractivity contribution in [2.24, 2.45) is 0 Å². The van der Waals surface area contributed by atoms with Crippen molar-refractivity contribution in [3.05, 3.63) is 24.3 Å². The van der Waals surface area contributed by atoms with E-state index in [0.717, 1.165) is 22.3 Å². The van der Waals surface area contributed by atoms with E-state index >= 15 is 0 Å². The number of carboxylic acids is 1. The topological polar surface area (TPSA) is 95.5 Å². The summed E-state index contributed by atoms with van der Waals surface area (Å²) in [5.41, 5.74) is 0.733. The lowest BCUT2D eigenvalue weighted by Gasteiger charge is -2.11. The molecule has 2 amide bonds. The van der Waals surface area contributed by atoms with E-state index in [2.05, 4.69) is 10.6 Å². The summed E-state index contributed by atoms with van der Waals surface area (Å²) in [6, 6.07) is 6.44. The Bertz CT molecular complexity index is 511. The van der Waals surface area contributed by atoms with Crippen LogP contribution in [0, 0.1) is 0 Å². The Morgan fingerprint density at radius 3 is 2.71 bits per heavy atom. The van der Waals surface area contributed by atoms with Gasteiger partial charge in [-0.05, 0) is 18.4 Å². The summed E-state index contributed by atoms with van der Waals surface area (Å²) in [4.78, 5) is 33.8. The van der Waals surface area contributed by atoms with Gasteiger partial charge in [-0.1, -0.05) is 12.1 Å². The summed E-state index contributed by atoms with van der Waals surface area (Å²) in [7, 11) is 0. The van der Waals surface area contributed by atoms with Gasteiger partial charge in [0.05, 0.1) is 11.4 Å². The molecule has 1 atom stereocenters. The van der Waals surface area contributed by atoms with Crippen molar-refractivity contribution in [2.75, 3.05) is 23.1 Å². The molecule has 0 spiro atoms. The molecule has 0 aliphatic heterocycles. The van der Waals surface area contributed by atoms with Gasteiger partial charge >= 0.3 is 5.97 Å². The third-order valence-electron chi connectivity index (χ3n) is 2.47. The first-order valence-corrected chi connectivity index (χ1v) is 8.39. The van der Waals surface area contributed by atoms with Crippen LogP contribution in [0.15, 0.2) is 29.2 Å². The molecule has 1 rings (SSSR count). The van der Waals surface area contributed by atoms with Crippen molar-refractivity contribution in [3.8, 4) is 0 Å². The average molecular weight is 328 g/mol. The smallest absolute Gasteiger partial charge is 0.327 e. The molecule has 21 heavy (non-hydrogen) atoms. The number of aliphatic carboxylic acids is 1. The van der Waals surface area contributed by atoms with Crippen LogP contribution in [0.2, 0.25) is 0 Å². The van der Waals surface area contributed by atoms with Crippen molar-refractivity contribution in [1.29, 1.82) is 0 Å². The molecular formula is C13H16N2O4S2. The highest BCUT2D eigenvalue weighted by molar-refractivity contribution is 8.00. The number of thioether (sulfide) groups is 2. The quantitative estimate of drug-likeness (QED) is 0.467. The number of carboxylic acid groups (broad SMARTS) is 1. The zero-order valence-electron chi connectivity index (χ0n) is 11.4. The van der Waals surface area contributed by atoms with Gasteiger partial charge in [0.2, 0.25) is 12.3 Å². The van der Waals surface area contributed by atoms with Gasteiger partial charge in [0.15, 0.2) is 0 Å². The Hall–Kier alpha value is -1.67. The van der Waals surface area contributed by atoms with Crippen LogP contribution in [0.5, 0.6) is 0 Å². The molecular weight excluding hydrogens is 312 g/mol. The van der Waals surface area contributed by atoms with Crippen molar-refractivity contribution < 1.29 is 19.5 Å². The second-order valence-corrected chi connectivity index (χ2v) is 5.82. The molecule has 6 nitrogen and oxygen atoms in total. The summed E-state index contributed by atoms with van der Waals surface area (Å²) in [6.07, 6.45) is 2.26. The molecule has 0 radical (unpaired) electrons. The molecule has 8 heteroatoms. The molecule has 114 valence electrons. The van der Waals surface area contributed by atoms with E-state index in [0.29, 0.717) is 6.41 Å². The third-order valence-corrected chi connectivity index (χ3v) is 4.30. The maximum atomic E-state index is 11.8. The second kappa shape index (κ2) is 9.30. The third kappa shape index (κ3) is 6.09. The minimum atomic E-state index is -1.12. The molecule has 3 N–H and O–H groups in total. The molecule has 1 unspecified atom stereocenters. The lowest BCUT2D eigenvalue weighted by Crippen LogP contribution is -2.38. The number of amides is 2. The summed E-state index contributed by atoms with van der Waals surface area (Å²) in [6.45, 7) is 0. The van der Waals surface area contributed by atoms with Crippen LogP contribution in [0.4, 0.5) is 5.69 Å². The Balaban J connectivity index is 2.44. The fraction of sp³-hybridized carbons (Fsp3) is 0.308. The number of carbonyl (C=O) groups excluding carboxylic acids is 2. The minimum absolute atomic E-state index is 0.118. The number of nitrogens with one attached hydrogen (secondary N) is 2. The first-order valence-electron chi connectivity index (χ1n) is 6.01. The zero-order chi connectivity index (χ0) is 15.7. The standard InChI is InChI=1S/C13H16N2O4S2/c1-20-11-5-3-2-4-9(11)15-12(17)7-21-6-10(13(18)19)14-8-16/h2-5,8,10H,6-7H2,1H3,(H,14,16)(H,15,17)(H,18,19). The number of anilines is 1. The highest BCUT2D eigenvalue weighted by atomic mass is 32.2. The zero-order valence-corrected chi connectivity index (χ0v) is 13.0. The van der Waals surface area contributed by atoms with E-state index in [1.54, 1.807) is 0 Å². The van der Waals surface area contributed by atoms with Crippen LogP contribution in [0.1, 0.15) is 0 Å². The predicted molar refractivity (Wildman–Crippen MR) is 84.8 cm³/mol.